The van der Waals surface area contributed by atoms with Crippen LogP contribution in [0.3, 0.4) is 0 Å². The lowest BCUT2D eigenvalue weighted by molar-refractivity contribution is -0.139. The standard InChI is InChI=1S/C14H19FN2O3S/c1-14(2,12(16)13(19)20)21-8-11(18)17-7-9-5-3-4-6-10(9)15/h3-6,12H,7-8,16H2,1-2H3,(H,17,18)(H,19,20)/t12-/m1/s1. The molecule has 0 aromatic heterocycles. The van der Waals surface area contributed by atoms with Crippen molar-refractivity contribution >= 4 is 23.6 Å². The lowest BCUT2D eigenvalue weighted by Gasteiger charge is -2.27. The number of carbonyl (C=O) groups excluding carboxylic acids is 1. The average molecular weight is 314 g/mol. The maximum atomic E-state index is 13.4. The van der Waals surface area contributed by atoms with Gasteiger partial charge in [-0.05, 0) is 19.9 Å². The largest absolute Gasteiger partial charge is 0.480 e. The third-order valence-corrected chi connectivity index (χ3v) is 4.43. The van der Waals surface area contributed by atoms with Gasteiger partial charge in [0, 0.05) is 16.9 Å². The topological polar surface area (TPSA) is 92.4 Å². The number of hydrogen-bond acceptors (Lipinski definition) is 4. The molecule has 0 aliphatic carbocycles. The molecule has 0 spiro atoms. The van der Waals surface area contributed by atoms with Gasteiger partial charge >= 0.3 is 5.97 Å². The highest BCUT2D eigenvalue weighted by Gasteiger charge is 2.33. The van der Waals surface area contributed by atoms with E-state index < -0.39 is 16.8 Å². The molecule has 7 heteroatoms. The molecule has 1 atom stereocenters. The molecule has 1 aromatic carbocycles. The number of carboxylic acids is 1. The monoisotopic (exact) mass is 314 g/mol. The summed E-state index contributed by atoms with van der Waals surface area (Å²) in [6.45, 7) is 3.43. The molecule has 0 saturated heterocycles. The summed E-state index contributed by atoms with van der Waals surface area (Å²) in [5.74, 6) is -1.73. The minimum absolute atomic E-state index is 0.0580. The average Bonchev–Trinajstić information content (AvgIpc) is 2.43. The second-order valence-electron chi connectivity index (χ2n) is 5.08. The molecule has 0 radical (unpaired) electrons. The second-order valence-corrected chi connectivity index (χ2v) is 6.71. The van der Waals surface area contributed by atoms with Gasteiger partial charge in [-0.15, -0.1) is 11.8 Å². The van der Waals surface area contributed by atoms with Gasteiger partial charge in [0.1, 0.15) is 11.9 Å². The third kappa shape index (κ3) is 5.35. The van der Waals surface area contributed by atoms with E-state index in [0.717, 1.165) is 11.8 Å². The zero-order valence-electron chi connectivity index (χ0n) is 11.9. The summed E-state index contributed by atoms with van der Waals surface area (Å²) in [5.41, 5.74) is 5.96. The lowest BCUT2D eigenvalue weighted by Crippen LogP contribution is -2.47. The Morgan fingerprint density at radius 1 is 1.43 bits per heavy atom. The molecule has 5 nitrogen and oxygen atoms in total. The van der Waals surface area contributed by atoms with E-state index in [-0.39, 0.29) is 24.0 Å². The molecule has 4 N–H and O–H groups in total. The predicted molar refractivity (Wildman–Crippen MR) is 80.4 cm³/mol. The maximum Gasteiger partial charge on any atom is 0.321 e. The number of amides is 1. The summed E-state index contributed by atoms with van der Waals surface area (Å²) < 4.78 is 12.6. The van der Waals surface area contributed by atoms with Gasteiger partial charge in [0.15, 0.2) is 0 Å². The number of carbonyl (C=O) groups is 2. The van der Waals surface area contributed by atoms with Crippen molar-refractivity contribution in [2.75, 3.05) is 5.75 Å². The smallest absolute Gasteiger partial charge is 0.321 e. The van der Waals surface area contributed by atoms with E-state index in [1.165, 1.54) is 6.07 Å². The van der Waals surface area contributed by atoms with E-state index in [4.69, 9.17) is 10.8 Å². The summed E-state index contributed by atoms with van der Waals surface area (Å²) in [6.07, 6.45) is 0. The Kier molecular flexibility index (Phi) is 6.17. The Hall–Kier alpha value is -1.60. The van der Waals surface area contributed by atoms with Crippen LogP contribution in [-0.4, -0.2) is 33.5 Å². The fourth-order valence-corrected chi connectivity index (χ4v) is 2.41. The van der Waals surface area contributed by atoms with Crippen LogP contribution in [0.25, 0.3) is 0 Å². The van der Waals surface area contributed by atoms with Gasteiger partial charge in [0.2, 0.25) is 5.91 Å². The molecule has 0 heterocycles. The number of carboxylic acid groups (broad SMARTS) is 1. The van der Waals surface area contributed by atoms with Crippen molar-refractivity contribution in [1.29, 1.82) is 0 Å². The van der Waals surface area contributed by atoms with E-state index in [0.29, 0.717) is 5.56 Å². The predicted octanol–water partition coefficient (Wildman–Crippen LogP) is 1.37. The molecule has 116 valence electrons. The van der Waals surface area contributed by atoms with Gasteiger partial charge in [0.05, 0.1) is 5.75 Å². The molecule has 0 bridgehead atoms. The number of nitrogens with one attached hydrogen (secondary N) is 1. The molecular weight excluding hydrogens is 295 g/mol. The minimum Gasteiger partial charge on any atom is -0.480 e. The van der Waals surface area contributed by atoms with Gasteiger partial charge in [-0.25, -0.2) is 4.39 Å². The van der Waals surface area contributed by atoms with Crippen LogP contribution in [0.2, 0.25) is 0 Å². The molecule has 0 saturated carbocycles. The summed E-state index contributed by atoms with van der Waals surface area (Å²) in [4.78, 5) is 22.6. The van der Waals surface area contributed by atoms with E-state index in [2.05, 4.69) is 5.32 Å². The zero-order valence-corrected chi connectivity index (χ0v) is 12.7. The van der Waals surface area contributed by atoms with Gasteiger partial charge in [-0.3, -0.25) is 9.59 Å². The SMILES string of the molecule is CC(C)(SCC(=O)NCc1ccccc1F)[C@H](N)C(=O)O. The number of thioether (sulfide) groups is 1. The second kappa shape index (κ2) is 7.42. The number of rotatable bonds is 7. The van der Waals surface area contributed by atoms with Gasteiger partial charge in [-0.1, -0.05) is 18.2 Å². The molecule has 0 unspecified atom stereocenters. The number of aliphatic carboxylic acids is 1. The Balaban J connectivity index is 2.45. The van der Waals surface area contributed by atoms with Crippen LogP contribution in [0.5, 0.6) is 0 Å². The van der Waals surface area contributed by atoms with Crippen molar-refractivity contribution in [2.24, 2.45) is 5.73 Å². The van der Waals surface area contributed by atoms with E-state index in [1.54, 1.807) is 32.0 Å². The van der Waals surface area contributed by atoms with E-state index >= 15 is 0 Å². The van der Waals surface area contributed by atoms with Gasteiger partial charge in [-0.2, -0.15) is 0 Å². The Bertz CT molecular complexity index is 523. The van der Waals surface area contributed by atoms with Crippen LogP contribution in [-0.2, 0) is 16.1 Å². The first-order chi connectivity index (χ1) is 9.74. The fourth-order valence-electron chi connectivity index (χ4n) is 1.53. The van der Waals surface area contributed by atoms with Crippen LogP contribution < -0.4 is 11.1 Å². The highest BCUT2D eigenvalue weighted by Crippen LogP contribution is 2.27. The summed E-state index contributed by atoms with van der Waals surface area (Å²) in [7, 11) is 0. The Morgan fingerprint density at radius 2 is 2.05 bits per heavy atom. The van der Waals surface area contributed by atoms with Crippen LogP contribution in [0.4, 0.5) is 4.39 Å². The van der Waals surface area contributed by atoms with E-state index in [1.807, 2.05) is 0 Å². The number of hydrogen-bond donors (Lipinski definition) is 3. The molecule has 0 aliphatic heterocycles. The molecule has 0 aliphatic rings. The number of nitrogens with two attached hydrogens (primary N) is 1. The lowest BCUT2D eigenvalue weighted by atomic mass is 10.1. The van der Waals surface area contributed by atoms with Crippen LogP contribution in [0.15, 0.2) is 24.3 Å². The highest BCUT2D eigenvalue weighted by molar-refractivity contribution is 8.01. The molecule has 1 aromatic rings. The summed E-state index contributed by atoms with van der Waals surface area (Å²) in [6, 6.07) is 5.11. The normalized spacial score (nSPS) is 12.8. The van der Waals surface area contributed by atoms with Crippen molar-refractivity contribution in [2.45, 2.75) is 31.2 Å². The molecule has 21 heavy (non-hydrogen) atoms. The first-order valence-electron chi connectivity index (χ1n) is 6.36. The van der Waals surface area contributed by atoms with E-state index in [9.17, 15) is 14.0 Å². The highest BCUT2D eigenvalue weighted by atomic mass is 32.2. The third-order valence-electron chi connectivity index (χ3n) is 3.02. The number of halogens is 1. The summed E-state index contributed by atoms with van der Waals surface area (Å²) >= 11 is 1.15. The minimum atomic E-state index is -1.11. The molecule has 1 rings (SSSR count). The maximum absolute atomic E-state index is 13.4. The zero-order chi connectivity index (χ0) is 16.0. The van der Waals surface area contributed by atoms with Crippen molar-refractivity contribution in [3.8, 4) is 0 Å². The van der Waals surface area contributed by atoms with Crippen molar-refractivity contribution in [3.63, 3.8) is 0 Å². The number of benzene rings is 1. The van der Waals surface area contributed by atoms with Crippen molar-refractivity contribution in [1.82, 2.24) is 5.32 Å². The van der Waals surface area contributed by atoms with Crippen LogP contribution in [0.1, 0.15) is 19.4 Å². The Labute approximate surface area is 127 Å². The quantitative estimate of drug-likeness (QED) is 0.707. The van der Waals surface area contributed by atoms with Crippen molar-refractivity contribution in [3.05, 3.63) is 35.6 Å². The molecule has 1 amide bonds. The molecular formula is C14H19FN2O3S. The first kappa shape index (κ1) is 17.5. The fraction of sp³-hybridized carbons (Fsp3) is 0.429. The Morgan fingerprint density at radius 3 is 2.62 bits per heavy atom. The van der Waals surface area contributed by atoms with Crippen LogP contribution in [0, 0.1) is 5.82 Å². The first-order valence-corrected chi connectivity index (χ1v) is 7.35. The van der Waals surface area contributed by atoms with Crippen molar-refractivity contribution < 1.29 is 19.1 Å². The summed E-state index contributed by atoms with van der Waals surface area (Å²) in [5, 5.41) is 11.5. The van der Waals surface area contributed by atoms with Gasteiger partial charge < -0.3 is 16.2 Å². The molecule has 0 fully saturated rings. The van der Waals surface area contributed by atoms with Crippen LogP contribution >= 0.6 is 11.8 Å². The van der Waals surface area contributed by atoms with Gasteiger partial charge in [0.25, 0.3) is 0 Å².